The van der Waals surface area contributed by atoms with E-state index in [4.69, 9.17) is 5.11 Å². The first-order valence-corrected chi connectivity index (χ1v) is 11.0. The lowest BCUT2D eigenvalue weighted by molar-refractivity contribution is -0.384. The molecule has 8 heteroatoms. The Morgan fingerprint density at radius 1 is 1.17 bits per heavy atom. The van der Waals surface area contributed by atoms with Gasteiger partial charge in [-0.05, 0) is 44.4 Å². The minimum absolute atomic E-state index is 0.0336. The molecule has 1 fully saturated rings. The van der Waals surface area contributed by atoms with Crippen LogP contribution in [0.1, 0.15) is 30.4 Å². The lowest BCUT2D eigenvalue weighted by Gasteiger charge is -2.46. The summed E-state index contributed by atoms with van der Waals surface area (Å²) in [5, 5.41) is 22.5. The molecule has 0 saturated carbocycles. The van der Waals surface area contributed by atoms with E-state index in [1.165, 1.54) is 16.0 Å². The van der Waals surface area contributed by atoms with Crippen molar-refractivity contribution in [2.75, 3.05) is 23.9 Å². The molecule has 1 saturated heterocycles. The molecule has 3 aliphatic rings. The normalized spacial score (nSPS) is 26.2. The highest BCUT2D eigenvalue weighted by atomic mass is 32.2. The lowest BCUT2D eigenvalue weighted by atomic mass is 9.86. The van der Waals surface area contributed by atoms with Gasteiger partial charge in [0, 0.05) is 41.4 Å². The second-order valence-electron chi connectivity index (χ2n) is 7.86. The molecule has 0 bridgehead atoms. The van der Waals surface area contributed by atoms with E-state index in [0.717, 1.165) is 43.8 Å². The number of nitro benzene ring substituents is 1. The van der Waals surface area contributed by atoms with Gasteiger partial charge in [-0.1, -0.05) is 22.9 Å². The van der Waals surface area contributed by atoms with E-state index in [-0.39, 0.29) is 16.7 Å². The van der Waals surface area contributed by atoms with Crippen LogP contribution in [0.25, 0.3) is 0 Å². The number of nitro groups is 1. The van der Waals surface area contributed by atoms with Gasteiger partial charge in [0.1, 0.15) is 6.04 Å². The largest absolute Gasteiger partial charge is 0.274 e. The van der Waals surface area contributed by atoms with Crippen molar-refractivity contribution in [3.63, 3.8) is 0 Å². The first-order valence-electron chi connectivity index (χ1n) is 10.0. The molecular weight excluding hydrogens is 386 g/mol. The Morgan fingerprint density at radius 2 is 1.93 bits per heavy atom. The van der Waals surface area contributed by atoms with Gasteiger partial charge in [0.15, 0.2) is 5.66 Å². The van der Waals surface area contributed by atoms with E-state index in [1.807, 2.05) is 16.8 Å². The molecule has 0 N–H and O–H groups in total. The van der Waals surface area contributed by atoms with E-state index in [2.05, 4.69) is 35.2 Å². The summed E-state index contributed by atoms with van der Waals surface area (Å²) in [5.74, 6) is 1.00. The molecule has 0 radical (unpaired) electrons. The average molecular weight is 410 g/mol. The molecule has 5 rings (SSSR count). The number of aryl methyl sites for hydroxylation is 1. The maximum Gasteiger partial charge on any atom is 0.269 e. The predicted octanol–water partition coefficient (Wildman–Crippen LogP) is 4.90. The molecule has 7 nitrogen and oxygen atoms in total. The standard InChI is InChI=1S/C21H23N5O2S/c1-15-4-9-19-18(14-15)21(24-11-2-3-12-24)20(10-13-29-19)22-23-25(21)16-5-7-17(8-6-16)26(27)28/h4-9,14,20H,2-3,10-13H2,1H3. The maximum absolute atomic E-state index is 11.1. The number of benzene rings is 2. The summed E-state index contributed by atoms with van der Waals surface area (Å²) in [4.78, 5) is 14.6. The summed E-state index contributed by atoms with van der Waals surface area (Å²) in [7, 11) is 0. The minimum Gasteiger partial charge on any atom is -0.274 e. The summed E-state index contributed by atoms with van der Waals surface area (Å²) in [6.07, 6.45) is 3.27. The van der Waals surface area contributed by atoms with Gasteiger partial charge in [-0.25, -0.2) is 5.01 Å². The van der Waals surface area contributed by atoms with Gasteiger partial charge in [-0.15, -0.1) is 11.8 Å². The predicted molar refractivity (Wildman–Crippen MR) is 113 cm³/mol. The number of non-ortho nitro benzene ring substituents is 1. The fourth-order valence-electron chi connectivity index (χ4n) is 4.83. The van der Waals surface area contributed by atoms with Gasteiger partial charge in [0.2, 0.25) is 0 Å². The third-order valence-corrected chi connectivity index (χ3v) is 7.25. The molecule has 0 amide bonds. The van der Waals surface area contributed by atoms with Crippen molar-refractivity contribution in [2.45, 2.75) is 42.8 Å². The van der Waals surface area contributed by atoms with E-state index >= 15 is 0 Å². The highest BCUT2D eigenvalue weighted by molar-refractivity contribution is 7.99. The van der Waals surface area contributed by atoms with Crippen LogP contribution in [0.4, 0.5) is 11.4 Å². The first kappa shape index (κ1) is 18.6. The highest BCUT2D eigenvalue weighted by Crippen LogP contribution is 2.52. The van der Waals surface area contributed by atoms with Gasteiger partial charge in [-0.2, -0.15) is 5.11 Å². The van der Waals surface area contributed by atoms with Gasteiger partial charge in [0.05, 0.1) is 10.6 Å². The third-order valence-electron chi connectivity index (χ3n) is 6.14. The zero-order valence-corrected chi connectivity index (χ0v) is 17.1. The van der Waals surface area contributed by atoms with Crippen molar-refractivity contribution in [1.82, 2.24) is 4.90 Å². The van der Waals surface area contributed by atoms with E-state index in [9.17, 15) is 10.1 Å². The van der Waals surface area contributed by atoms with Crippen molar-refractivity contribution < 1.29 is 4.92 Å². The number of anilines is 1. The molecule has 0 aromatic heterocycles. The van der Waals surface area contributed by atoms with Crippen molar-refractivity contribution >= 4 is 23.1 Å². The number of thioether (sulfide) groups is 1. The topological polar surface area (TPSA) is 74.3 Å². The smallest absolute Gasteiger partial charge is 0.269 e. The fourth-order valence-corrected chi connectivity index (χ4v) is 5.92. The number of likely N-dealkylation sites (tertiary alicyclic amines) is 1. The van der Waals surface area contributed by atoms with Crippen LogP contribution in [-0.4, -0.2) is 34.7 Å². The molecule has 2 aromatic carbocycles. The zero-order valence-electron chi connectivity index (χ0n) is 16.3. The van der Waals surface area contributed by atoms with Crippen LogP contribution in [0.5, 0.6) is 0 Å². The van der Waals surface area contributed by atoms with Crippen LogP contribution < -0.4 is 5.01 Å². The van der Waals surface area contributed by atoms with E-state index < -0.39 is 5.66 Å². The summed E-state index contributed by atoms with van der Waals surface area (Å²) in [6, 6.07) is 13.4. The van der Waals surface area contributed by atoms with Crippen LogP contribution in [0.15, 0.2) is 57.7 Å². The first-order chi connectivity index (χ1) is 14.1. The summed E-state index contributed by atoms with van der Waals surface area (Å²) in [5.41, 5.74) is 2.93. The van der Waals surface area contributed by atoms with Gasteiger partial charge < -0.3 is 0 Å². The summed E-state index contributed by atoms with van der Waals surface area (Å²) in [6.45, 7) is 4.13. The quantitative estimate of drug-likeness (QED) is 0.532. The van der Waals surface area contributed by atoms with E-state index in [0.29, 0.717) is 0 Å². The van der Waals surface area contributed by atoms with Crippen molar-refractivity contribution in [2.24, 2.45) is 10.3 Å². The van der Waals surface area contributed by atoms with Crippen molar-refractivity contribution in [1.29, 1.82) is 0 Å². The fraction of sp³-hybridized carbons (Fsp3) is 0.429. The molecule has 29 heavy (non-hydrogen) atoms. The summed E-state index contributed by atoms with van der Waals surface area (Å²) < 4.78 is 0. The molecular formula is C21H23N5O2S. The van der Waals surface area contributed by atoms with Crippen molar-refractivity contribution in [3.05, 3.63) is 63.7 Å². The molecule has 2 unspecified atom stereocenters. The Labute approximate surface area is 173 Å². The number of rotatable bonds is 3. The second kappa shape index (κ2) is 7.11. The SMILES string of the molecule is Cc1ccc2c(c1)C1(N3CCCC3)C(CCS2)N=NN1c1ccc([N+](=O)[O-])cc1. The third kappa shape index (κ3) is 2.85. The molecule has 3 aliphatic heterocycles. The molecule has 2 atom stereocenters. The highest BCUT2D eigenvalue weighted by Gasteiger charge is 2.57. The minimum atomic E-state index is -0.475. The molecule has 0 aliphatic carbocycles. The second-order valence-corrected chi connectivity index (χ2v) is 9.00. The monoisotopic (exact) mass is 409 g/mol. The van der Waals surface area contributed by atoms with Crippen molar-refractivity contribution in [3.8, 4) is 0 Å². The Bertz CT molecular complexity index is 974. The van der Waals surface area contributed by atoms with Crippen LogP contribution >= 0.6 is 11.8 Å². The molecule has 150 valence electrons. The summed E-state index contributed by atoms with van der Waals surface area (Å²) >= 11 is 1.89. The van der Waals surface area contributed by atoms with E-state index in [1.54, 1.807) is 24.3 Å². The molecule has 2 aromatic rings. The number of nitrogens with zero attached hydrogens (tertiary/aromatic N) is 5. The maximum atomic E-state index is 11.1. The molecule has 0 spiro atoms. The van der Waals surface area contributed by atoms with Crippen LogP contribution in [0.3, 0.4) is 0 Å². The Hall–Kier alpha value is -2.45. The van der Waals surface area contributed by atoms with Gasteiger partial charge >= 0.3 is 0 Å². The van der Waals surface area contributed by atoms with Gasteiger partial charge in [-0.3, -0.25) is 15.0 Å². The van der Waals surface area contributed by atoms with Crippen LogP contribution in [-0.2, 0) is 5.66 Å². The number of fused-ring (bicyclic) bond motifs is 3. The Morgan fingerprint density at radius 3 is 2.66 bits per heavy atom. The number of hydrogen-bond donors (Lipinski definition) is 0. The Balaban J connectivity index is 1.71. The van der Waals surface area contributed by atoms with Gasteiger partial charge in [0.25, 0.3) is 5.69 Å². The van der Waals surface area contributed by atoms with Crippen LogP contribution in [0.2, 0.25) is 0 Å². The molecule has 3 heterocycles. The zero-order chi connectivity index (χ0) is 20.0. The Kier molecular flexibility index (Phi) is 4.55. The lowest BCUT2D eigenvalue weighted by Crippen LogP contribution is -2.59. The average Bonchev–Trinajstić information content (AvgIpc) is 3.35. The van der Waals surface area contributed by atoms with Crippen LogP contribution in [0, 0.1) is 17.0 Å². The number of hydrogen-bond acceptors (Lipinski definition) is 7.